The van der Waals surface area contributed by atoms with Gasteiger partial charge in [-0.1, -0.05) is 43.6 Å². The topological polar surface area (TPSA) is 20.2 Å². The zero-order valence-corrected chi connectivity index (χ0v) is 10.1. The molecule has 0 saturated heterocycles. The average molecular weight is 210 g/mol. The van der Waals surface area contributed by atoms with Gasteiger partial charge in [0.15, 0.2) is 0 Å². The minimum absolute atomic E-state index is 0.279. The monoisotopic (exact) mass is 210 g/mol. The van der Waals surface area contributed by atoms with Gasteiger partial charge in [0.05, 0.1) is 0 Å². The van der Waals surface area contributed by atoms with Crippen LogP contribution < -0.4 is 0 Å². The predicted octanol–water partition coefficient (Wildman–Crippen LogP) is 4.23. The maximum atomic E-state index is 8.55. The Morgan fingerprint density at radius 3 is 1.87 bits per heavy atom. The van der Waals surface area contributed by atoms with Crippen molar-refractivity contribution in [2.45, 2.75) is 58.3 Å². The Labute approximate surface area is 94.9 Å². The first kappa shape index (κ1) is 14.4. The van der Waals surface area contributed by atoms with Crippen molar-refractivity contribution in [3.8, 4) is 0 Å². The Kier molecular flexibility index (Phi) is 12.9. The zero-order valence-electron chi connectivity index (χ0n) is 10.1. The molecule has 15 heavy (non-hydrogen) atoms. The van der Waals surface area contributed by atoms with E-state index in [2.05, 4.69) is 31.2 Å². The number of aliphatic hydroxyl groups is 1. The van der Waals surface area contributed by atoms with Crippen LogP contribution in [0.4, 0.5) is 0 Å². The SMILES string of the molecule is C/C=C/CCCCCCC/C=C/CCO. The molecule has 0 spiro atoms. The maximum Gasteiger partial charge on any atom is 0.0465 e. The van der Waals surface area contributed by atoms with Crippen molar-refractivity contribution in [3.63, 3.8) is 0 Å². The summed E-state index contributed by atoms with van der Waals surface area (Å²) in [7, 11) is 0. The first-order valence-corrected chi connectivity index (χ1v) is 6.28. The van der Waals surface area contributed by atoms with Gasteiger partial charge in [0.1, 0.15) is 0 Å². The number of allylic oxidation sites excluding steroid dienone is 3. The number of unbranched alkanes of at least 4 members (excludes halogenated alkanes) is 6. The number of rotatable bonds is 10. The first-order valence-electron chi connectivity index (χ1n) is 6.28. The Hall–Kier alpha value is -0.560. The molecule has 88 valence electrons. The third-order valence-electron chi connectivity index (χ3n) is 2.44. The van der Waals surface area contributed by atoms with Gasteiger partial charge in [-0.2, -0.15) is 0 Å². The summed E-state index contributed by atoms with van der Waals surface area (Å²) in [5.41, 5.74) is 0. The minimum atomic E-state index is 0.279. The Balaban J connectivity index is 2.98. The van der Waals surface area contributed by atoms with Crippen LogP contribution in [0.15, 0.2) is 24.3 Å². The summed E-state index contributed by atoms with van der Waals surface area (Å²) in [6, 6.07) is 0. The molecule has 0 aromatic rings. The van der Waals surface area contributed by atoms with Crippen LogP contribution in [0.2, 0.25) is 0 Å². The smallest absolute Gasteiger partial charge is 0.0465 e. The van der Waals surface area contributed by atoms with Crippen LogP contribution in [0.3, 0.4) is 0 Å². The van der Waals surface area contributed by atoms with E-state index in [1.54, 1.807) is 0 Å². The quantitative estimate of drug-likeness (QED) is 0.422. The average Bonchev–Trinajstić information content (AvgIpc) is 2.26. The molecule has 0 aliphatic rings. The molecule has 0 bridgehead atoms. The van der Waals surface area contributed by atoms with Gasteiger partial charge in [0.25, 0.3) is 0 Å². The second-order valence-corrected chi connectivity index (χ2v) is 3.90. The molecule has 0 unspecified atom stereocenters. The van der Waals surface area contributed by atoms with E-state index in [4.69, 9.17) is 5.11 Å². The second-order valence-electron chi connectivity index (χ2n) is 3.90. The molecule has 0 rings (SSSR count). The molecular formula is C14H26O. The number of hydrogen-bond acceptors (Lipinski definition) is 1. The fourth-order valence-corrected chi connectivity index (χ4v) is 1.53. The van der Waals surface area contributed by atoms with Gasteiger partial charge in [-0.05, 0) is 39.0 Å². The van der Waals surface area contributed by atoms with E-state index in [1.807, 2.05) is 0 Å². The van der Waals surface area contributed by atoms with E-state index in [-0.39, 0.29) is 6.61 Å². The Bertz CT molecular complexity index is 159. The summed E-state index contributed by atoms with van der Waals surface area (Å²) in [5.74, 6) is 0. The lowest BCUT2D eigenvalue weighted by molar-refractivity contribution is 0.302. The molecule has 0 amide bonds. The molecule has 0 aromatic heterocycles. The third kappa shape index (κ3) is 13.4. The number of hydrogen-bond donors (Lipinski definition) is 1. The largest absolute Gasteiger partial charge is 0.396 e. The summed E-state index contributed by atoms with van der Waals surface area (Å²) in [5, 5.41) is 8.55. The summed E-state index contributed by atoms with van der Waals surface area (Å²) >= 11 is 0. The van der Waals surface area contributed by atoms with E-state index in [0.29, 0.717) is 0 Å². The van der Waals surface area contributed by atoms with E-state index in [9.17, 15) is 0 Å². The third-order valence-corrected chi connectivity index (χ3v) is 2.44. The van der Waals surface area contributed by atoms with Crippen LogP contribution in [0, 0.1) is 0 Å². The van der Waals surface area contributed by atoms with Crippen LogP contribution in [-0.4, -0.2) is 11.7 Å². The van der Waals surface area contributed by atoms with E-state index in [1.165, 1.54) is 44.9 Å². The standard InChI is InChI=1S/C14H26O/c1-2-3-4-5-6-7-8-9-10-11-12-13-14-15/h2-3,11-12,15H,4-10,13-14H2,1H3/b3-2+,12-11+. The molecule has 0 aromatic carbocycles. The summed E-state index contributed by atoms with van der Waals surface area (Å²) < 4.78 is 0. The molecule has 1 nitrogen and oxygen atoms in total. The lowest BCUT2D eigenvalue weighted by Crippen LogP contribution is -1.79. The van der Waals surface area contributed by atoms with Crippen molar-refractivity contribution in [3.05, 3.63) is 24.3 Å². The fraction of sp³-hybridized carbons (Fsp3) is 0.714. The van der Waals surface area contributed by atoms with Crippen LogP contribution in [0.25, 0.3) is 0 Å². The molecule has 1 heteroatoms. The first-order chi connectivity index (χ1) is 7.41. The molecule has 0 aliphatic heterocycles. The molecule has 0 heterocycles. The molecule has 0 fully saturated rings. The molecule has 0 radical (unpaired) electrons. The van der Waals surface area contributed by atoms with Gasteiger partial charge in [-0.3, -0.25) is 0 Å². The number of aliphatic hydroxyl groups excluding tert-OH is 1. The lowest BCUT2D eigenvalue weighted by Gasteiger charge is -1.97. The molecule has 0 aliphatic carbocycles. The van der Waals surface area contributed by atoms with Crippen molar-refractivity contribution in [1.82, 2.24) is 0 Å². The summed E-state index contributed by atoms with van der Waals surface area (Å²) in [6.45, 7) is 2.36. The Morgan fingerprint density at radius 1 is 0.733 bits per heavy atom. The predicted molar refractivity (Wildman–Crippen MR) is 68.0 cm³/mol. The Morgan fingerprint density at radius 2 is 1.27 bits per heavy atom. The van der Waals surface area contributed by atoms with Crippen molar-refractivity contribution >= 4 is 0 Å². The second kappa shape index (κ2) is 13.4. The van der Waals surface area contributed by atoms with Gasteiger partial charge in [-0.25, -0.2) is 0 Å². The lowest BCUT2D eigenvalue weighted by atomic mass is 10.1. The van der Waals surface area contributed by atoms with Gasteiger partial charge in [-0.15, -0.1) is 0 Å². The van der Waals surface area contributed by atoms with Crippen molar-refractivity contribution in [2.24, 2.45) is 0 Å². The van der Waals surface area contributed by atoms with E-state index in [0.717, 1.165) is 6.42 Å². The molecule has 0 atom stereocenters. The zero-order chi connectivity index (χ0) is 11.2. The van der Waals surface area contributed by atoms with Gasteiger partial charge < -0.3 is 5.11 Å². The van der Waals surface area contributed by atoms with E-state index >= 15 is 0 Å². The van der Waals surface area contributed by atoms with Crippen molar-refractivity contribution in [1.29, 1.82) is 0 Å². The molecular weight excluding hydrogens is 184 g/mol. The highest BCUT2D eigenvalue weighted by Gasteiger charge is 1.88. The highest BCUT2D eigenvalue weighted by molar-refractivity contribution is 4.81. The summed E-state index contributed by atoms with van der Waals surface area (Å²) in [6.07, 6.45) is 18.6. The van der Waals surface area contributed by atoms with Crippen LogP contribution >= 0.6 is 0 Å². The fourth-order valence-electron chi connectivity index (χ4n) is 1.53. The van der Waals surface area contributed by atoms with E-state index < -0.39 is 0 Å². The van der Waals surface area contributed by atoms with Crippen molar-refractivity contribution in [2.75, 3.05) is 6.61 Å². The molecule has 1 N–H and O–H groups in total. The van der Waals surface area contributed by atoms with Crippen LogP contribution in [0.5, 0.6) is 0 Å². The van der Waals surface area contributed by atoms with Crippen LogP contribution in [0.1, 0.15) is 58.3 Å². The molecule has 0 saturated carbocycles. The van der Waals surface area contributed by atoms with Gasteiger partial charge in [0, 0.05) is 6.61 Å². The normalized spacial score (nSPS) is 11.9. The minimum Gasteiger partial charge on any atom is -0.396 e. The van der Waals surface area contributed by atoms with Crippen LogP contribution in [-0.2, 0) is 0 Å². The summed E-state index contributed by atoms with van der Waals surface area (Å²) in [4.78, 5) is 0. The highest BCUT2D eigenvalue weighted by Crippen LogP contribution is 2.07. The van der Waals surface area contributed by atoms with Gasteiger partial charge in [0.2, 0.25) is 0 Å². The maximum absolute atomic E-state index is 8.55. The van der Waals surface area contributed by atoms with Crippen molar-refractivity contribution < 1.29 is 5.11 Å². The highest BCUT2D eigenvalue weighted by atomic mass is 16.2. The van der Waals surface area contributed by atoms with Gasteiger partial charge >= 0.3 is 0 Å².